The highest BCUT2D eigenvalue weighted by atomic mass is 32.3. The fraction of sp³-hybridized carbons (Fsp3) is 0.385. The lowest BCUT2D eigenvalue weighted by molar-refractivity contribution is -0.000330. The Bertz CT molecular complexity index is 701. The van der Waals surface area contributed by atoms with Gasteiger partial charge in [-0.3, -0.25) is 9.78 Å². The Morgan fingerprint density at radius 2 is 2.36 bits per heavy atom. The average molecular weight is 328 g/mol. The zero-order valence-electron chi connectivity index (χ0n) is 11.4. The molecular weight excluding hydrogens is 315 g/mol. The Hall–Kier alpha value is -2.18. The smallest absolute Gasteiger partial charge is 0.377 e. The number of halogens is 1. The molecule has 1 aliphatic rings. The molecule has 2 heterocycles. The predicted molar refractivity (Wildman–Crippen MR) is 74.0 cm³/mol. The molecule has 0 aliphatic carbocycles. The maximum Gasteiger partial charge on any atom is 0.488 e. The van der Waals surface area contributed by atoms with Crippen LogP contribution in [0, 0.1) is 12.3 Å². The monoisotopic (exact) mass is 328 g/mol. The number of terminal acetylenes is 1. The van der Waals surface area contributed by atoms with Gasteiger partial charge in [-0.05, 0) is 6.07 Å². The quantitative estimate of drug-likeness (QED) is 0.592. The van der Waals surface area contributed by atoms with Crippen molar-refractivity contribution in [2.24, 2.45) is 0 Å². The number of ether oxygens (including phenoxy) is 1. The molecule has 22 heavy (non-hydrogen) atoms. The molecule has 7 nitrogen and oxygen atoms in total. The minimum Gasteiger partial charge on any atom is -0.377 e. The van der Waals surface area contributed by atoms with E-state index in [1.54, 1.807) is 0 Å². The summed E-state index contributed by atoms with van der Waals surface area (Å²) < 4.78 is 42.8. The molecule has 1 amide bonds. The summed E-state index contributed by atoms with van der Waals surface area (Å²) in [4.78, 5) is 17.7. The Kier molecular flexibility index (Phi) is 4.95. The molecule has 1 fully saturated rings. The third kappa shape index (κ3) is 4.16. The highest BCUT2D eigenvalue weighted by molar-refractivity contribution is 7.81. The molecule has 1 atom stereocenters. The number of hydrogen-bond acceptors (Lipinski definition) is 6. The van der Waals surface area contributed by atoms with Gasteiger partial charge in [0, 0.05) is 19.2 Å². The molecule has 1 saturated heterocycles. The van der Waals surface area contributed by atoms with Gasteiger partial charge in [-0.1, -0.05) is 3.89 Å². The highest BCUT2D eigenvalue weighted by Gasteiger charge is 2.28. The molecule has 1 aromatic rings. The van der Waals surface area contributed by atoms with Crippen LogP contribution in [-0.4, -0.2) is 50.0 Å². The van der Waals surface area contributed by atoms with Crippen LogP contribution in [0.15, 0.2) is 18.5 Å². The van der Waals surface area contributed by atoms with Gasteiger partial charge in [0.1, 0.15) is 0 Å². The van der Waals surface area contributed by atoms with Gasteiger partial charge >= 0.3 is 10.5 Å². The summed E-state index contributed by atoms with van der Waals surface area (Å²) in [7, 11) is -5.18. The molecule has 118 valence electrons. The Labute approximate surface area is 127 Å². The van der Waals surface area contributed by atoms with Crippen molar-refractivity contribution in [3.05, 3.63) is 24.0 Å². The third-order valence-corrected chi connectivity index (χ3v) is 3.39. The molecule has 0 spiro atoms. The van der Waals surface area contributed by atoms with E-state index in [4.69, 9.17) is 11.2 Å². The van der Waals surface area contributed by atoms with E-state index in [2.05, 4.69) is 15.1 Å². The van der Waals surface area contributed by atoms with Gasteiger partial charge in [0.15, 0.2) is 5.75 Å². The first kappa shape index (κ1) is 16.2. The number of hydrogen-bond donors (Lipinski definition) is 0. The number of pyridine rings is 1. The zero-order chi connectivity index (χ0) is 16.2. The number of aromatic nitrogens is 1. The van der Waals surface area contributed by atoms with Crippen molar-refractivity contribution in [2.75, 3.05) is 19.8 Å². The number of carbonyl (C=O) groups is 1. The Balaban J connectivity index is 2.21. The maximum absolute atomic E-state index is 12.5. The summed E-state index contributed by atoms with van der Waals surface area (Å²) >= 11 is 0. The molecule has 1 aliphatic heterocycles. The molecule has 0 bridgehead atoms. The van der Waals surface area contributed by atoms with Crippen molar-refractivity contribution < 1.29 is 26.0 Å². The molecule has 0 radical (unpaired) electrons. The van der Waals surface area contributed by atoms with Crippen molar-refractivity contribution in [2.45, 2.75) is 12.5 Å². The molecular formula is C13H13FN2O5S. The molecule has 0 aromatic carbocycles. The molecule has 2 rings (SSSR count). The molecule has 1 unspecified atom stereocenters. The first-order chi connectivity index (χ1) is 10.4. The normalized spacial score (nSPS) is 18.5. The van der Waals surface area contributed by atoms with Crippen LogP contribution >= 0.6 is 0 Å². The van der Waals surface area contributed by atoms with E-state index in [1.807, 2.05) is 0 Å². The summed E-state index contributed by atoms with van der Waals surface area (Å²) in [6.45, 7) is 1.03. The standard InChI is InChI=1S/C13H13FN2O5S/c1-2-3-11-9-20-5-4-16(11)13(17)10-6-12(8-15-7-10)21-22(14,18)19/h1,6-8,11H,3-5,9H2. The van der Waals surface area contributed by atoms with Crippen molar-refractivity contribution in [1.29, 1.82) is 0 Å². The first-order valence-electron chi connectivity index (χ1n) is 6.32. The second-order valence-corrected chi connectivity index (χ2v) is 5.47. The van der Waals surface area contributed by atoms with Gasteiger partial charge in [0.25, 0.3) is 5.91 Å². The summed E-state index contributed by atoms with van der Waals surface area (Å²) in [5.41, 5.74) is 0.0741. The minimum atomic E-state index is -5.18. The van der Waals surface area contributed by atoms with Gasteiger partial charge in [-0.25, -0.2) is 0 Å². The van der Waals surface area contributed by atoms with E-state index in [0.29, 0.717) is 26.2 Å². The van der Waals surface area contributed by atoms with Crippen LogP contribution < -0.4 is 4.18 Å². The van der Waals surface area contributed by atoms with Crippen LogP contribution in [0.1, 0.15) is 16.8 Å². The van der Waals surface area contributed by atoms with Crippen molar-refractivity contribution in [3.63, 3.8) is 0 Å². The fourth-order valence-electron chi connectivity index (χ4n) is 2.09. The van der Waals surface area contributed by atoms with Crippen molar-refractivity contribution in [3.8, 4) is 18.1 Å². The fourth-order valence-corrected chi connectivity index (χ4v) is 2.41. The second-order valence-electron chi connectivity index (χ2n) is 4.52. The number of amides is 1. The van der Waals surface area contributed by atoms with E-state index < -0.39 is 16.4 Å². The minimum absolute atomic E-state index is 0.0741. The first-order valence-corrected chi connectivity index (χ1v) is 7.63. The largest absolute Gasteiger partial charge is 0.488 e. The van der Waals surface area contributed by atoms with E-state index in [0.717, 1.165) is 12.3 Å². The van der Waals surface area contributed by atoms with Crippen LogP contribution in [0.5, 0.6) is 5.75 Å². The third-order valence-electron chi connectivity index (χ3n) is 3.00. The molecule has 0 saturated carbocycles. The summed E-state index contributed by atoms with van der Waals surface area (Å²) in [5, 5.41) is 0. The number of nitrogens with zero attached hydrogens (tertiary/aromatic N) is 2. The van der Waals surface area contributed by atoms with Crippen LogP contribution in [0.4, 0.5) is 3.89 Å². The lowest BCUT2D eigenvalue weighted by Crippen LogP contribution is -2.48. The second kappa shape index (κ2) is 6.72. The zero-order valence-corrected chi connectivity index (χ0v) is 12.3. The van der Waals surface area contributed by atoms with Crippen molar-refractivity contribution >= 4 is 16.4 Å². The number of rotatable bonds is 4. The molecule has 0 N–H and O–H groups in total. The highest BCUT2D eigenvalue weighted by Crippen LogP contribution is 2.18. The Morgan fingerprint density at radius 3 is 3.05 bits per heavy atom. The van der Waals surface area contributed by atoms with Gasteiger partial charge < -0.3 is 13.8 Å². The van der Waals surface area contributed by atoms with Crippen LogP contribution in [0.2, 0.25) is 0 Å². The van der Waals surface area contributed by atoms with Gasteiger partial charge in [0.05, 0.1) is 31.0 Å². The average Bonchev–Trinajstić information content (AvgIpc) is 2.46. The summed E-state index contributed by atoms with van der Waals surface area (Å²) in [6.07, 6.45) is 7.83. The van der Waals surface area contributed by atoms with E-state index in [-0.39, 0.29) is 17.4 Å². The maximum atomic E-state index is 12.5. The molecule has 1 aromatic heterocycles. The number of morpholine rings is 1. The predicted octanol–water partition coefficient (Wildman–Crippen LogP) is 0.539. The van der Waals surface area contributed by atoms with Gasteiger partial charge in [-0.15, -0.1) is 12.3 Å². The molecule has 9 heteroatoms. The number of carbonyl (C=O) groups excluding carboxylic acids is 1. The van der Waals surface area contributed by atoms with Crippen LogP contribution in [0.3, 0.4) is 0 Å². The van der Waals surface area contributed by atoms with Gasteiger partial charge in [-0.2, -0.15) is 8.42 Å². The summed E-state index contributed by atoms with van der Waals surface area (Å²) in [5.74, 6) is 1.69. The lowest BCUT2D eigenvalue weighted by atomic mass is 10.1. The SMILES string of the molecule is C#CCC1COCCN1C(=O)c1cncc(OS(=O)(=O)F)c1. The van der Waals surface area contributed by atoms with Gasteiger partial charge in [0.2, 0.25) is 0 Å². The lowest BCUT2D eigenvalue weighted by Gasteiger charge is -2.34. The van der Waals surface area contributed by atoms with E-state index in [1.165, 1.54) is 11.1 Å². The van der Waals surface area contributed by atoms with Crippen LogP contribution in [0.25, 0.3) is 0 Å². The Morgan fingerprint density at radius 1 is 1.59 bits per heavy atom. The van der Waals surface area contributed by atoms with Crippen LogP contribution in [-0.2, 0) is 15.2 Å². The van der Waals surface area contributed by atoms with Crippen molar-refractivity contribution in [1.82, 2.24) is 9.88 Å². The summed E-state index contributed by atoms with van der Waals surface area (Å²) in [6, 6.07) is 0.829. The topological polar surface area (TPSA) is 85.8 Å². The van der Waals surface area contributed by atoms with E-state index in [9.17, 15) is 17.1 Å². The van der Waals surface area contributed by atoms with E-state index >= 15 is 0 Å².